The van der Waals surface area contributed by atoms with Gasteiger partial charge in [0.1, 0.15) is 0 Å². The lowest BCUT2D eigenvalue weighted by atomic mass is 10.1. The van der Waals surface area contributed by atoms with E-state index in [1.807, 2.05) is 6.07 Å². The van der Waals surface area contributed by atoms with Crippen molar-refractivity contribution < 1.29 is 9.59 Å². The Morgan fingerprint density at radius 1 is 1.14 bits per heavy atom. The number of nitrogens with one attached hydrogen (secondary N) is 1. The summed E-state index contributed by atoms with van der Waals surface area (Å²) >= 11 is 0. The molecule has 0 spiro atoms. The molecule has 0 bridgehead atoms. The number of hydrogen-bond donors (Lipinski definition) is 2. The predicted molar refractivity (Wildman–Crippen MR) is 83.8 cm³/mol. The lowest BCUT2D eigenvalue weighted by molar-refractivity contribution is -0.111. The van der Waals surface area contributed by atoms with Crippen molar-refractivity contribution in [1.29, 1.82) is 5.26 Å². The number of nitriles is 1. The van der Waals surface area contributed by atoms with Gasteiger partial charge in [0.2, 0.25) is 11.8 Å². The highest BCUT2D eigenvalue weighted by atomic mass is 16.1. The SMILES string of the molecule is N#Cc1ccc(/C=C/C(=O)Nc2cccc(C(N)=O)c2)cc1. The van der Waals surface area contributed by atoms with E-state index >= 15 is 0 Å². The van der Waals surface area contributed by atoms with Crippen molar-refractivity contribution in [3.8, 4) is 6.07 Å². The molecule has 0 aromatic heterocycles. The van der Waals surface area contributed by atoms with E-state index in [9.17, 15) is 9.59 Å². The second-order valence-corrected chi connectivity index (χ2v) is 4.50. The first kappa shape index (κ1) is 15.0. The number of nitrogens with two attached hydrogens (primary N) is 1. The number of carbonyl (C=O) groups is 2. The molecular formula is C17H13N3O2. The highest BCUT2D eigenvalue weighted by Gasteiger charge is 2.03. The number of carbonyl (C=O) groups excluding carboxylic acids is 2. The van der Waals surface area contributed by atoms with Crippen LogP contribution in [0.5, 0.6) is 0 Å². The molecule has 0 aliphatic carbocycles. The summed E-state index contributed by atoms with van der Waals surface area (Å²) in [6.45, 7) is 0. The fourth-order valence-corrected chi connectivity index (χ4v) is 1.77. The Bertz CT molecular complexity index is 771. The molecule has 22 heavy (non-hydrogen) atoms. The fourth-order valence-electron chi connectivity index (χ4n) is 1.77. The molecule has 0 saturated carbocycles. The van der Waals surface area contributed by atoms with E-state index in [4.69, 9.17) is 11.0 Å². The van der Waals surface area contributed by atoms with Crippen molar-refractivity contribution in [3.05, 3.63) is 71.3 Å². The van der Waals surface area contributed by atoms with Crippen LogP contribution >= 0.6 is 0 Å². The van der Waals surface area contributed by atoms with Crippen LogP contribution in [0.1, 0.15) is 21.5 Å². The molecule has 108 valence electrons. The van der Waals surface area contributed by atoms with Crippen LogP contribution in [0.4, 0.5) is 5.69 Å². The number of rotatable bonds is 4. The predicted octanol–water partition coefficient (Wildman–Crippen LogP) is 2.31. The summed E-state index contributed by atoms with van der Waals surface area (Å²) in [4.78, 5) is 22.9. The first-order valence-electron chi connectivity index (χ1n) is 6.47. The van der Waals surface area contributed by atoms with E-state index in [2.05, 4.69) is 5.32 Å². The molecule has 0 radical (unpaired) electrons. The van der Waals surface area contributed by atoms with E-state index in [0.717, 1.165) is 5.56 Å². The van der Waals surface area contributed by atoms with Gasteiger partial charge in [-0.3, -0.25) is 9.59 Å². The Balaban J connectivity index is 2.03. The minimum absolute atomic E-state index is 0.328. The van der Waals surface area contributed by atoms with Gasteiger partial charge in [-0.15, -0.1) is 0 Å². The molecule has 2 rings (SSSR count). The third-order valence-corrected chi connectivity index (χ3v) is 2.88. The molecular weight excluding hydrogens is 278 g/mol. The molecule has 5 nitrogen and oxygen atoms in total. The maximum absolute atomic E-state index is 11.8. The second-order valence-electron chi connectivity index (χ2n) is 4.50. The van der Waals surface area contributed by atoms with Crippen LogP contribution in [0.3, 0.4) is 0 Å². The van der Waals surface area contributed by atoms with Crippen molar-refractivity contribution in [1.82, 2.24) is 0 Å². The van der Waals surface area contributed by atoms with Crippen LogP contribution in [0.15, 0.2) is 54.6 Å². The Hall–Kier alpha value is -3.39. The Morgan fingerprint density at radius 2 is 1.86 bits per heavy atom. The molecule has 0 aliphatic heterocycles. The number of benzene rings is 2. The zero-order valence-electron chi connectivity index (χ0n) is 11.6. The summed E-state index contributed by atoms with van der Waals surface area (Å²) in [5, 5.41) is 11.4. The van der Waals surface area contributed by atoms with Gasteiger partial charge in [-0.1, -0.05) is 18.2 Å². The highest BCUT2D eigenvalue weighted by molar-refractivity contribution is 6.03. The molecule has 3 N–H and O–H groups in total. The fraction of sp³-hybridized carbons (Fsp3) is 0. The number of anilines is 1. The quantitative estimate of drug-likeness (QED) is 0.846. The van der Waals surface area contributed by atoms with E-state index < -0.39 is 5.91 Å². The molecule has 0 atom stereocenters. The summed E-state index contributed by atoms with van der Waals surface area (Å²) in [7, 11) is 0. The van der Waals surface area contributed by atoms with Gasteiger partial charge in [-0.25, -0.2) is 0 Å². The Morgan fingerprint density at radius 3 is 2.50 bits per heavy atom. The topological polar surface area (TPSA) is 96.0 Å². The molecule has 2 aromatic rings. The first-order chi connectivity index (χ1) is 10.6. The average Bonchev–Trinajstić information content (AvgIpc) is 2.53. The van der Waals surface area contributed by atoms with Crippen molar-refractivity contribution in [2.45, 2.75) is 0 Å². The summed E-state index contributed by atoms with van der Waals surface area (Å²) in [6, 6.07) is 15.3. The van der Waals surface area contributed by atoms with E-state index in [-0.39, 0.29) is 5.91 Å². The van der Waals surface area contributed by atoms with Gasteiger partial charge in [0.05, 0.1) is 11.6 Å². The summed E-state index contributed by atoms with van der Waals surface area (Å²) in [5.41, 5.74) is 7.37. The van der Waals surface area contributed by atoms with Gasteiger partial charge in [0.25, 0.3) is 0 Å². The zero-order valence-corrected chi connectivity index (χ0v) is 11.6. The van der Waals surface area contributed by atoms with Gasteiger partial charge in [-0.2, -0.15) is 5.26 Å². The van der Waals surface area contributed by atoms with Crippen LogP contribution in [0.25, 0.3) is 6.08 Å². The standard InChI is InChI=1S/C17H13N3O2/c18-11-13-6-4-12(5-7-13)8-9-16(21)20-15-3-1-2-14(10-15)17(19)22/h1-10H,(H2,19,22)(H,20,21)/b9-8+. The Kier molecular flexibility index (Phi) is 4.68. The van der Waals surface area contributed by atoms with Crippen LogP contribution < -0.4 is 11.1 Å². The lowest BCUT2D eigenvalue weighted by Crippen LogP contribution is -2.12. The average molecular weight is 291 g/mol. The maximum atomic E-state index is 11.8. The van der Waals surface area contributed by atoms with Gasteiger partial charge >= 0.3 is 0 Å². The molecule has 0 fully saturated rings. The normalized spacial score (nSPS) is 10.1. The molecule has 2 aromatic carbocycles. The van der Waals surface area contributed by atoms with Gasteiger partial charge in [-0.05, 0) is 42.0 Å². The highest BCUT2D eigenvalue weighted by Crippen LogP contribution is 2.11. The zero-order chi connectivity index (χ0) is 15.9. The molecule has 0 unspecified atom stereocenters. The number of primary amides is 1. The first-order valence-corrected chi connectivity index (χ1v) is 6.47. The van der Waals surface area contributed by atoms with Crippen molar-refractivity contribution in [3.63, 3.8) is 0 Å². The number of nitrogens with zero attached hydrogens (tertiary/aromatic N) is 1. The van der Waals surface area contributed by atoms with Gasteiger partial charge in [0, 0.05) is 17.3 Å². The van der Waals surface area contributed by atoms with Crippen LogP contribution in [-0.4, -0.2) is 11.8 Å². The smallest absolute Gasteiger partial charge is 0.248 e. The van der Waals surface area contributed by atoms with Crippen LogP contribution in [0, 0.1) is 11.3 Å². The molecule has 0 heterocycles. The van der Waals surface area contributed by atoms with Gasteiger partial charge in [0.15, 0.2) is 0 Å². The van der Waals surface area contributed by atoms with Crippen molar-refractivity contribution >= 4 is 23.6 Å². The largest absolute Gasteiger partial charge is 0.366 e. The van der Waals surface area contributed by atoms with E-state index in [1.54, 1.807) is 48.5 Å². The molecule has 0 saturated heterocycles. The van der Waals surface area contributed by atoms with Crippen LogP contribution in [0.2, 0.25) is 0 Å². The van der Waals surface area contributed by atoms with Gasteiger partial charge < -0.3 is 11.1 Å². The second kappa shape index (κ2) is 6.86. The minimum Gasteiger partial charge on any atom is -0.366 e. The maximum Gasteiger partial charge on any atom is 0.248 e. The Labute approximate surface area is 127 Å². The van der Waals surface area contributed by atoms with E-state index in [0.29, 0.717) is 16.8 Å². The summed E-state index contributed by atoms with van der Waals surface area (Å²) in [5.74, 6) is -0.879. The minimum atomic E-state index is -0.552. The number of hydrogen-bond acceptors (Lipinski definition) is 3. The summed E-state index contributed by atoms with van der Waals surface area (Å²) in [6.07, 6.45) is 3.01. The van der Waals surface area contributed by atoms with E-state index in [1.165, 1.54) is 12.1 Å². The number of amides is 2. The van der Waals surface area contributed by atoms with Crippen LogP contribution in [-0.2, 0) is 4.79 Å². The summed E-state index contributed by atoms with van der Waals surface area (Å²) < 4.78 is 0. The monoisotopic (exact) mass is 291 g/mol. The van der Waals surface area contributed by atoms with Crippen molar-refractivity contribution in [2.75, 3.05) is 5.32 Å². The third-order valence-electron chi connectivity index (χ3n) is 2.88. The lowest BCUT2D eigenvalue weighted by Gasteiger charge is -2.03. The van der Waals surface area contributed by atoms with Crippen molar-refractivity contribution in [2.24, 2.45) is 5.73 Å². The molecule has 0 aliphatic rings. The molecule has 5 heteroatoms. The third kappa shape index (κ3) is 4.05. The molecule has 2 amide bonds.